The van der Waals surface area contributed by atoms with Gasteiger partial charge in [-0.05, 0) is 48.2 Å². The summed E-state index contributed by atoms with van der Waals surface area (Å²) >= 11 is 9.74. The lowest BCUT2D eigenvalue weighted by molar-refractivity contribution is 0.0946. The lowest BCUT2D eigenvalue weighted by Crippen LogP contribution is -2.19. The number of carbonyl (C=O) groups excluding carboxylic acids is 1. The van der Waals surface area contributed by atoms with Crippen LogP contribution in [0.3, 0.4) is 0 Å². The summed E-state index contributed by atoms with van der Waals surface area (Å²) in [5.41, 5.74) is 7.96. The maximum Gasteiger partial charge on any atom is 0.297 e. The van der Waals surface area contributed by atoms with Crippen LogP contribution in [-0.4, -0.2) is 27.5 Å². The Morgan fingerprint density at radius 1 is 1.38 bits per heavy atom. The molecule has 0 saturated heterocycles. The van der Waals surface area contributed by atoms with Crippen LogP contribution in [0.2, 0.25) is 0 Å². The molecule has 0 bridgehead atoms. The molecule has 1 heterocycles. The molecule has 0 radical (unpaired) electrons. The van der Waals surface area contributed by atoms with E-state index < -0.39 is 5.91 Å². The summed E-state index contributed by atoms with van der Waals surface area (Å²) in [4.78, 5) is 11.7. The van der Waals surface area contributed by atoms with Crippen molar-refractivity contribution in [3.63, 3.8) is 0 Å². The van der Waals surface area contributed by atoms with E-state index >= 15 is 0 Å². The number of nitrogens with two attached hydrogens (primary N) is 1. The summed E-state index contributed by atoms with van der Waals surface area (Å²) in [5, 5.41) is 20.2. The number of halogens is 3. The molecule has 21 heavy (non-hydrogen) atoms. The van der Waals surface area contributed by atoms with Gasteiger partial charge >= 0.3 is 0 Å². The molecule has 0 fully saturated rings. The van der Waals surface area contributed by atoms with E-state index in [9.17, 15) is 9.90 Å². The zero-order valence-corrected chi connectivity index (χ0v) is 14.7. The van der Waals surface area contributed by atoms with Crippen LogP contribution in [-0.2, 0) is 0 Å². The van der Waals surface area contributed by atoms with E-state index in [-0.39, 0.29) is 17.3 Å². The van der Waals surface area contributed by atoms with E-state index in [4.69, 9.17) is 5.73 Å². The third-order valence-corrected chi connectivity index (χ3v) is 4.33. The van der Waals surface area contributed by atoms with E-state index in [1.807, 2.05) is 0 Å². The van der Waals surface area contributed by atoms with E-state index in [0.29, 0.717) is 19.0 Å². The first-order valence-electron chi connectivity index (χ1n) is 5.19. The van der Waals surface area contributed by atoms with Crippen LogP contribution in [0, 0.1) is 0 Å². The van der Waals surface area contributed by atoms with Gasteiger partial charge in [-0.2, -0.15) is 5.10 Å². The van der Waals surface area contributed by atoms with Gasteiger partial charge in [0.05, 0.1) is 15.2 Å². The Bertz CT molecular complexity index is 731. The average Bonchev–Trinajstić information content (AvgIpc) is 2.86. The zero-order chi connectivity index (χ0) is 15.6. The molecule has 1 amide bonds. The summed E-state index contributed by atoms with van der Waals surface area (Å²) in [6.07, 6.45) is 1.34. The van der Waals surface area contributed by atoms with Gasteiger partial charge < -0.3 is 10.8 Å². The minimum Gasteiger partial charge on any atom is -0.506 e. The molecule has 0 aliphatic carbocycles. The number of hydrogen-bond donors (Lipinski definition) is 3. The summed E-state index contributed by atoms with van der Waals surface area (Å²) in [5.74, 6) is -0.791. The van der Waals surface area contributed by atoms with Crippen molar-refractivity contribution < 1.29 is 14.5 Å². The molecule has 0 unspecified atom stereocenters. The molecule has 2 aromatic rings. The van der Waals surface area contributed by atoms with Crippen molar-refractivity contribution >= 4 is 65.7 Å². The normalized spacial score (nSPS) is 11.0. The van der Waals surface area contributed by atoms with Gasteiger partial charge in [-0.3, -0.25) is 4.79 Å². The molecule has 4 N–H and O–H groups in total. The molecule has 0 aliphatic rings. The molecule has 1 aromatic heterocycles. The third kappa shape index (κ3) is 3.41. The fourth-order valence-corrected chi connectivity index (χ4v) is 3.60. The fraction of sp³-hybridized carbons (Fsp3) is 0. The molecule has 8 nitrogen and oxygen atoms in total. The Morgan fingerprint density at radius 2 is 2.10 bits per heavy atom. The highest BCUT2D eigenvalue weighted by Gasteiger charge is 2.15. The van der Waals surface area contributed by atoms with Crippen molar-refractivity contribution in [2.24, 2.45) is 5.10 Å². The van der Waals surface area contributed by atoms with E-state index in [0.717, 1.165) is 0 Å². The molecule has 1 aromatic carbocycles. The molecule has 0 atom stereocenters. The van der Waals surface area contributed by atoms with Crippen LogP contribution in [0.1, 0.15) is 16.1 Å². The summed E-state index contributed by atoms with van der Waals surface area (Å²) in [6.45, 7) is 0. The Kier molecular flexibility index (Phi) is 4.96. The molecule has 2 rings (SSSR count). The van der Waals surface area contributed by atoms with Gasteiger partial charge in [0.1, 0.15) is 5.75 Å². The van der Waals surface area contributed by atoms with Gasteiger partial charge in [-0.15, -0.1) is 0 Å². The first-order valence-corrected chi connectivity index (χ1v) is 7.57. The summed E-state index contributed by atoms with van der Waals surface area (Å²) < 4.78 is 5.87. The summed E-state index contributed by atoms with van der Waals surface area (Å²) in [7, 11) is 0. The monoisotopic (exact) mass is 481 g/mol. The van der Waals surface area contributed by atoms with Crippen LogP contribution in [0.5, 0.6) is 5.75 Å². The zero-order valence-electron chi connectivity index (χ0n) is 9.97. The number of aromatic hydroxyl groups is 1. The Labute approximate surface area is 143 Å². The lowest BCUT2D eigenvalue weighted by Gasteiger charge is -2.06. The standard InChI is InChI=1S/C10H6Br3N5O3/c11-4-1-5(12)8(19)6(13)3(4)2-15-16-10(20)7-9(14)18-21-17-7/h1-2,19H,(H2,14,18)(H,16,20). The number of nitrogens with one attached hydrogen (secondary N) is 1. The van der Waals surface area contributed by atoms with Crippen LogP contribution in [0.25, 0.3) is 0 Å². The molecule has 11 heteroatoms. The third-order valence-electron chi connectivity index (χ3n) is 2.27. The maximum absolute atomic E-state index is 11.7. The fourth-order valence-electron chi connectivity index (χ4n) is 1.27. The van der Waals surface area contributed by atoms with Gasteiger partial charge in [-0.25, -0.2) is 10.1 Å². The van der Waals surface area contributed by atoms with E-state index in [1.54, 1.807) is 6.07 Å². The lowest BCUT2D eigenvalue weighted by atomic mass is 10.2. The van der Waals surface area contributed by atoms with E-state index in [1.165, 1.54) is 6.21 Å². The van der Waals surface area contributed by atoms with Crippen LogP contribution < -0.4 is 11.2 Å². The highest BCUT2D eigenvalue weighted by Crippen LogP contribution is 2.38. The van der Waals surface area contributed by atoms with Crippen molar-refractivity contribution in [2.75, 3.05) is 5.73 Å². The number of aromatic nitrogens is 2. The highest BCUT2D eigenvalue weighted by atomic mass is 79.9. The molecule has 110 valence electrons. The first-order chi connectivity index (χ1) is 9.91. The topological polar surface area (TPSA) is 127 Å². The van der Waals surface area contributed by atoms with Crippen LogP contribution in [0.15, 0.2) is 29.2 Å². The number of hydrogen-bond acceptors (Lipinski definition) is 7. The van der Waals surface area contributed by atoms with Crippen molar-refractivity contribution in [2.45, 2.75) is 0 Å². The second-order valence-electron chi connectivity index (χ2n) is 3.61. The first kappa shape index (κ1) is 15.9. The van der Waals surface area contributed by atoms with Gasteiger partial charge in [0.2, 0.25) is 11.5 Å². The van der Waals surface area contributed by atoms with Crippen LogP contribution in [0.4, 0.5) is 5.82 Å². The van der Waals surface area contributed by atoms with Crippen LogP contribution >= 0.6 is 47.8 Å². The van der Waals surface area contributed by atoms with E-state index in [2.05, 4.69) is 73.3 Å². The number of carbonyl (C=O) groups is 1. The molecule has 0 saturated carbocycles. The number of benzene rings is 1. The minimum absolute atomic E-state index is 0.0101. The van der Waals surface area contributed by atoms with Gasteiger partial charge in [-0.1, -0.05) is 15.9 Å². The minimum atomic E-state index is -0.668. The Morgan fingerprint density at radius 3 is 2.71 bits per heavy atom. The predicted molar refractivity (Wildman–Crippen MR) is 85.0 cm³/mol. The van der Waals surface area contributed by atoms with Crippen molar-refractivity contribution in [3.8, 4) is 5.75 Å². The van der Waals surface area contributed by atoms with Crippen molar-refractivity contribution in [1.82, 2.24) is 15.7 Å². The number of anilines is 1. The largest absolute Gasteiger partial charge is 0.506 e. The number of nitrogen functional groups attached to an aromatic ring is 1. The predicted octanol–water partition coefficient (Wildman–Crippen LogP) is 2.41. The number of nitrogens with zero attached hydrogens (tertiary/aromatic N) is 3. The Balaban J connectivity index is 2.18. The second kappa shape index (κ2) is 6.54. The summed E-state index contributed by atoms with van der Waals surface area (Å²) in [6, 6.07) is 1.64. The molecular formula is C10H6Br3N5O3. The number of amides is 1. The molecule has 0 spiro atoms. The maximum atomic E-state index is 11.7. The highest BCUT2D eigenvalue weighted by molar-refractivity contribution is 9.11. The number of hydrazone groups is 1. The number of phenols is 1. The van der Waals surface area contributed by atoms with Crippen molar-refractivity contribution in [1.29, 1.82) is 0 Å². The number of rotatable bonds is 3. The Hall–Kier alpha value is -1.46. The second-order valence-corrected chi connectivity index (χ2v) is 6.12. The van der Waals surface area contributed by atoms with Gasteiger partial charge in [0.15, 0.2) is 0 Å². The SMILES string of the molecule is Nc1nonc1C(=O)NN=Cc1c(Br)cc(Br)c(O)c1Br. The average molecular weight is 484 g/mol. The van der Waals surface area contributed by atoms with Gasteiger partial charge in [0.25, 0.3) is 5.91 Å². The number of phenolic OH excluding ortho intramolecular Hbond substituents is 1. The van der Waals surface area contributed by atoms with Crippen molar-refractivity contribution in [3.05, 3.63) is 30.7 Å². The smallest absolute Gasteiger partial charge is 0.297 e. The van der Waals surface area contributed by atoms with Gasteiger partial charge in [0, 0.05) is 10.0 Å². The quantitative estimate of drug-likeness (QED) is 0.454. The molecule has 0 aliphatic heterocycles. The molecular weight excluding hydrogens is 478 g/mol.